The van der Waals surface area contributed by atoms with E-state index in [-0.39, 0.29) is 24.5 Å². The molecule has 0 bridgehead atoms. The molecule has 6 heteroatoms. The Kier molecular flexibility index (Phi) is 7.86. The summed E-state index contributed by atoms with van der Waals surface area (Å²) in [5.41, 5.74) is 2.89. The normalized spacial score (nSPS) is 10.5. The van der Waals surface area contributed by atoms with Gasteiger partial charge in [-0.15, -0.1) is 0 Å². The third-order valence-corrected chi connectivity index (χ3v) is 4.70. The summed E-state index contributed by atoms with van der Waals surface area (Å²) in [7, 11) is 0. The van der Waals surface area contributed by atoms with Crippen molar-refractivity contribution in [2.24, 2.45) is 0 Å². The van der Waals surface area contributed by atoms with Crippen molar-refractivity contribution in [1.82, 2.24) is 0 Å². The molecule has 0 radical (unpaired) electrons. The summed E-state index contributed by atoms with van der Waals surface area (Å²) in [4.78, 5) is 26.9. The number of anilines is 3. The van der Waals surface area contributed by atoms with E-state index < -0.39 is 0 Å². The largest absolute Gasteiger partial charge is 0.491 e. The van der Waals surface area contributed by atoms with Crippen molar-refractivity contribution >= 4 is 28.9 Å². The summed E-state index contributed by atoms with van der Waals surface area (Å²) >= 11 is 0. The number of para-hydroxylation sites is 1. The molecule has 0 saturated carbocycles. The van der Waals surface area contributed by atoms with Crippen LogP contribution in [0, 0.1) is 0 Å². The lowest BCUT2D eigenvalue weighted by Crippen LogP contribution is -2.30. The van der Waals surface area contributed by atoms with E-state index in [9.17, 15) is 9.59 Å². The highest BCUT2D eigenvalue weighted by atomic mass is 16.5. The van der Waals surface area contributed by atoms with Crippen LogP contribution in [0.4, 0.5) is 17.1 Å². The van der Waals surface area contributed by atoms with Crippen LogP contribution in [0.25, 0.3) is 0 Å². The Morgan fingerprint density at radius 2 is 1.62 bits per heavy atom. The minimum absolute atomic E-state index is 0.0634. The average Bonchev–Trinajstić information content (AvgIpc) is 2.79. The highest BCUT2D eigenvalue weighted by Gasteiger charge is 2.15. The molecule has 3 aromatic carbocycles. The number of nitrogens with one attached hydrogen (secondary N) is 2. The first kappa shape index (κ1) is 22.9. The number of hydrogen-bond donors (Lipinski definition) is 2. The highest BCUT2D eigenvalue weighted by molar-refractivity contribution is 6.06. The zero-order chi connectivity index (χ0) is 22.9. The van der Waals surface area contributed by atoms with Gasteiger partial charge in [-0.05, 0) is 69.3 Å². The summed E-state index contributed by atoms with van der Waals surface area (Å²) in [5, 5.41) is 5.94. The van der Waals surface area contributed by atoms with E-state index in [0.717, 1.165) is 11.4 Å². The zero-order valence-electron chi connectivity index (χ0n) is 18.7. The molecule has 0 aliphatic heterocycles. The quantitative estimate of drug-likeness (QED) is 0.489. The van der Waals surface area contributed by atoms with Crippen LogP contribution < -0.4 is 20.3 Å². The maximum absolute atomic E-state index is 12.9. The molecule has 0 heterocycles. The Hall–Kier alpha value is -3.80. The number of carbonyl (C=O) groups is 2. The Morgan fingerprint density at radius 1 is 0.906 bits per heavy atom. The summed E-state index contributed by atoms with van der Waals surface area (Å²) in [6.45, 7) is 6.54. The first-order valence-electron chi connectivity index (χ1n) is 10.7. The van der Waals surface area contributed by atoms with Gasteiger partial charge in [-0.25, -0.2) is 0 Å². The number of rotatable bonds is 9. The van der Waals surface area contributed by atoms with Crippen molar-refractivity contribution in [3.05, 3.63) is 84.4 Å². The topological polar surface area (TPSA) is 70.7 Å². The summed E-state index contributed by atoms with van der Waals surface area (Å²) in [6, 6.07) is 24.0. The van der Waals surface area contributed by atoms with Gasteiger partial charge in [-0.3, -0.25) is 9.59 Å². The van der Waals surface area contributed by atoms with Crippen molar-refractivity contribution < 1.29 is 14.3 Å². The van der Waals surface area contributed by atoms with Crippen molar-refractivity contribution in [1.29, 1.82) is 0 Å². The predicted octanol–water partition coefficient (Wildman–Crippen LogP) is 5.19. The van der Waals surface area contributed by atoms with Crippen LogP contribution in [-0.4, -0.2) is 31.0 Å². The van der Waals surface area contributed by atoms with E-state index in [2.05, 4.69) is 10.6 Å². The van der Waals surface area contributed by atoms with Crippen molar-refractivity contribution in [2.75, 3.05) is 28.6 Å². The monoisotopic (exact) mass is 431 g/mol. The number of carbonyl (C=O) groups excluding carboxylic acids is 2. The minimum atomic E-state index is -0.173. The Labute approximate surface area is 189 Å². The van der Waals surface area contributed by atoms with Gasteiger partial charge in [0.1, 0.15) is 5.75 Å². The van der Waals surface area contributed by atoms with Crippen LogP contribution in [0.2, 0.25) is 0 Å². The maximum atomic E-state index is 12.9. The SMILES string of the molecule is CCN(C(=O)c1ccc(NCC(=O)Nc2cccc(OC(C)C)c2)cc1)c1ccccc1. The van der Waals surface area contributed by atoms with Gasteiger partial charge in [0, 0.05) is 35.2 Å². The van der Waals surface area contributed by atoms with E-state index in [4.69, 9.17) is 4.74 Å². The molecule has 166 valence electrons. The second-order valence-corrected chi connectivity index (χ2v) is 7.56. The van der Waals surface area contributed by atoms with Gasteiger partial charge in [-0.2, -0.15) is 0 Å². The van der Waals surface area contributed by atoms with Crippen LogP contribution in [0.15, 0.2) is 78.9 Å². The molecule has 2 amide bonds. The fourth-order valence-corrected chi connectivity index (χ4v) is 3.24. The predicted molar refractivity (Wildman–Crippen MR) is 130 cm³/mol. The van der Waals surface area contributed by atoms with Crippen LogP contribution in [0.5, 0.6) is 5.75 Å². The number of amides is 2. The van der Waals surface area contributed by atoms with E-state index in [1.165, 1.54) is 0 Å². The van der Waals surface area contributed by atoms with Crippen LogP contribution in [-0.2, 0) is 4.79 Å². The molecule has 6 nitrogen and oxygen atoms in total. The molecule has 0 aromatic heterocycles. The van der Waals surface area contributed by atoms with Gasteiger partial charge >= 0.3 is 0 Å². The molecule has 0 spiro atoms. The average molecular weight is 432 g/mol. The lowest BCUT2D eigenvalue weighted by Gasteiger charge is -2.21. The van der Waals surface area contributed by atoms with E-state index >= 15 is 0 Å². The molecule has 0 aliphatic rings. The van der Waals surface area contributed by atoms with Crippen LogP contribution in [0.1, 0.15) is 31.1 Å². The highest BCUT2D eigenvalue weighted by Crippen LogP contribution is 2.19. The third kappa shape index (κ3) is 6.35. The van der Waals surface area contributed by atoms with E-state index in [1.807, 2.05) is 69.3 Å². The molecule has 3 rings (SSSR count). The van der Waals surface area contributed by atoms with E-state index in [1.54, 1.807) is 35.2 Å². The lowest BCUT2D eigenvalue weighted by atomic mass is 10.1. The second-order valence-electron chi connectivity index (χ2n) is 7.56. The molecule has 0 unspecified atom stereocenters. The fraction of sp³-hybridized carbons (Fsp3) is 0.231. The van der Waals surface area contributed by atoms with Gasteiger partial charge in [0.2, 0.25) is 5.91 Å². The van der Waals surface area contributed by atoms with Gasteiger partial charge < -0.3 is 20.3 Å². The molecule has 32 heavy (non-hydrogen) atoms. The second kappa shape index (κ2) is 11.0. The van der Waals surface area contributed by atoms with Crippen molar-refractivity contribution in [2.45, 2.75) is 26.9 Å². The Morgan fingerprint density at radius 3 is 2.28 bits per heavy atom. The molecular weight excluding hydrogens is 402 g/mol. The number of nitrogens with zero attached hydrogens (tertiary/aromatic N) is 1. The number of benzene rings is 3. The molecule has 0 atom stereocenters. The van der Waals surface area contributed by atoms with Crippen molar-refractivity contribution in [3.63, 3.8) is 0 Å². The molecule has 0 saturated heterocycles. The Bertz CT molecular complexity index is 1030. The number of hydrogen-bond acceptors (Lipinski definition) is 4. The van der Waals surface area contributed by atoms with Gasteiger partial charge in [0.15, 0.2) is 0 Å². The smallest absolute Gasteiger partial charge is 0.258 e. The summed E-state index contributed by atoms with van der Waals surface area (Å²) in [5.74, 6) is 0.474. The molecular formula is C26H29N3O3. The van der Waals surface area contributed by atoms with Crippen molar-refractivity contribution in [3.8, 4) is 5.75 Å². The zero-order valence-corrected chi connectivity index (χ0v) is 18.7. The maximum Gasteiger partial charge on any atom is 0.258 e. The standard InChI is InChI=1S/C26H29N3O3/c1-4-29(23-10-6-5-7-11-23)26(31)20-13-15-21(16-14-20)27-18-25(30)28-22-9-8-12-24(17-22)32-19(2)3/h5-17,19,27H,4,18H2,1-3H3,(H,28,30). The van der Waals surface area contributed by atoms with Crippen LogP contribution in [0.3, 0.4) is 0 Å². The summed E-state index contributed by atoms with van der Waals surface area (Å²) in [6.07, 6.45) is 0.0644. The lowest BCUT2D eigenvalue weighted by molar-refractivity contribution is -0.114. The van der Waals surface area contributed by atoms with Gasteiger partial charge in [0.05, 0.1) is 12.6 Å². The van der Waals surface area contributed by atoms with E-state index in [0.29, 0.717) is 23.5 Å². The first-order valence-corrected chi connectivity index (χ1v) is 10.7. The summed E-state index contributed by atoms with van der Waals surface area (Å²) < 4.78 is 5.65. The fourth-order valence-electron chi connectivity index (χ4n) is 3.24. The molecule has 2 N–H and O–H groups in total. The first-order chi connectivity index (χ1) is 15.5. The minimum Gasteiger partial charge on any atom is -0.491 e. The molecule has 0 fully saturated rings. The Balaban J connectivity index is 1.55. The van der Waals surface area contributed by atoms with Gasteiger partial charge in [-0.1, -0.05) is 24.3 Å². The van der Waals surface area contributed by atoms with Gasteiger partial charge in [0.25, 0.3) is 5.91 Å². The molecule has 3 aromatic rings. The van der Waals surface area contributed by atoms with Crippen LogP contribution >= 0.6 is 0 Å². The third-order valence-electron chi connectivity index (χ3n) is 4.70. The number of ether oxygens (including phenoxy) is 1. The molecule has 0 aliphatic carbocycles.